The summed E-state index contributed by atoms with van der Waals surface area (Å²) in [5.74, 6) is 0. The van der Waals surface area contributed by atoms with Crippen molar-refractivity contribution in [2.24, 2.45) is 0 Å². The van der Waals surface area contributed by atoms with Crippen LogP contribution in [0.15, 0.2) is 36.4 Å². The molecule has 0 aromatic heterocycles. The van der Waals surface area contributed by atoms with E-state index in [9.17, 15) is 4.79 Å². The highest BCUT2D eigenvalue weighted by Gasteiger charge is 2.27. The highest BCUT2D eigenvalue weighted by atomic mass is 32.1. The zero-order valence-electron chi connectivity index (χ0n) is 16.7. The van der Waals surface area contributed by atoms with Crippen molar-refractivity contribution in [2.75, 3.05) is 13.2 Å². The lowest BCUT2D eigenvalue weighted by Gasteiger charge is -2.31. The predicted octanol–water partition coefficient (Wildman–Crippen LogP) is 4.31. The van der Waals surface area contributed by atoms with Gasteiger partial charge in [-0.05, 0) is 68.2 Å². The molecule has 28 heavy (non-hydrogen) atoms. The van der Waals surface area contributed by atoms with Gasteiger partial charge in [-0.3, -0.25) is 4.31 Å². The van der Waals surface area contributed by atoms with Gasteiger partial charge >= 0.3 is 6.03 Å². The molecule has 1 aliphatic carbocycles. The molecule has 0 bridgehead atoms. The summed E-state index contributed by atoms with van der Waals surface area (Å²) < 4.78 is 1.50. The number of urea groups is 1. The van der Waals surface area contributed by atoms with Crippen LogP contribution in [0.25, 0.3) is 0 Å². The van der Waals surface area contributed by atoms with Crippen molar-refractivity contribution in [3.05, 3.63) is 69.8 Å². The number of hydrogen-bond acceptors (Lipinski definition) is 3. The SMILES string of the molecule is Cc1cc(C)cc(CC(c2cccc3c2CCCC3)N(S)C(=O)NCCO)c1. The highest BCUT2D eigenvalue weighted by molar-refractivity contribution is 7.78. The van der Waals surface area contributed by atoms with Gasteiger partial charge in [-0.25, -0.2) is 4.79 Å². The summed E-state index contributed by atoms with van der Waals surface area (Å²) in [5, 5.41) is 11.8. The van der Waals surface area contributed by atoms with E-state index in [1.807, 2.05) is 0 Å². The summed E-state index contributed by atoms with van der Waals surface area (Å²) in [7, 11) is 0. The molecule has 2 aromatic carbocycles. The molecule has 0 spiro atoms. The van der Waals surface area contributed by atoms with Crippen molar-refractivity contribution in [1.29, 1.82) is 0 Å². The van der Waals surface area contributed by atoms with Crippen LogP contribution in [0.1, 0.15) is 52.3 Å². The second-order valence-electron chi connectivity index (χ2n) is 7.71. The van der Waals surface area contributed by atoms with Crippen molar-refractivity contribution < 1.29 is 9.90 Å². The number of aliphatic hydroxyl groups is 1. The van der Waals surface area contributed by atoms with Gasteiger partial charge in [-0.1, -0.05) is 60.3 Å². The van der Waals surface area contributed by atoms with Crippen molar-refractivity contribution >= 4 is 18.8 Å². The van der Waals surface area contributed by atoms with Crippen LogP contribution < -0.4 is 5.32 Å². The molecule has 1 atom stereocenters. The molecule has 0 radical (unpaired) electrons. The second-order valence-corrected chi connectivity index (χ2v) is 8.14. The molecule has 0 heterocycles. The number of carbonyl (C=O) groups excluding carboxylic acids is 1. The number of amides is 2. The molecule has 150 valence electrons. The molecule has 3 rings (SSSR count). The van der Waals surface area contributed by atoms with E-state index in [0.717, 1.165) is 12.8 Å². The van der Waals surface area contributed by atoms with Gasteiger partial charge in [0.1, 0.15) is 0 Å². The fraction of sp³-hybridized carbons (Fsp3) is 0.435. The summed E-state index contributed by atoms with van der Waals surface area (Å²) in [6.45, 7) is 4.33. The number of nitrogens with zero attached hydrogens (tertiary/aromatic N) is 1. The van der Waals surface area contributed by atoms with Gasteiger partial charge in [-0.15, -0.1) is 0 Å². The van der Waals surface area contributed by atoms with Gasteiger partial charge in [0.05, 0.1) is 12.6 Å². The monoisotopic (exact) mass is 398 g/mol. The Balaban J connectivity index is 1.98. The Bertz CT molecular complexity index is 817. The van der Waals surface area contributed by atoms with Crippen LogP contribution in [0, 0.1) is 13.8 Å². The van der Waals surface area contributed by atoms with Gasteiger partial charge in [-0.2, -0.15) is 0 Å². The van der Waals surface area contributed by atoms with Crippen molar-refractivity contribution in [3.63, 3.8) is 0 Å². The molecule has 5 heteroatoms. The minimum atomic E-state index is -0.278. The predicted molar refractivity (Wildman–Crippen MR) is 117 cm³/mol. The highest BCUT2D eigenvalue weighted by Crippen LogP contribution is 2.34. The van der Waals surface area contributed by atoms with Gasteiger partial charge in [0.15, 0.2) is 0 Å². The fourth-order valence-electron chi connectivity index (χ4n) is 4.25. The van der Waals surface area contributed by atoms with Gasteiger partial charge in [0.2, 0.25) is 0 Å². The maximum absolute atomic E-state index is 12.6. The number of aliphatic hydroxyl groups excluding tert-OH is 1. The largest absolute Gasteiger partial charge is 0.395 e. The molecular formula is C23H30N2O2S. The maximum atomic E-state index is 12.6. The van der Waals surface area contributed by atoms with Crippen LogP contribution in [-0.2, 0) is 19.3 Å². The zero-order chi connectivity index (χ0) is 20.1. The van der Waals surface area contributed by atoms with E-state index in [2.05, 4.69) is 68.4 Å². The molecule has 0 saturated heterocycles. The average Bonchev–Trinajstić information content (AvgIpc) is 2.68. The normalized spacial score (nSPS) is 14.3. The first-order chi connectivity index (χ1) is 13.5. The summed E-state index contributed by atoms with van der Waals surface area (Å²) in [5.41, 5.74) is 7.60. The number of fused-ring (bicyclic) bond motifs is 1. The summed E-state index contributed by atoms with van der Waals surface area (Å²) in [6.07, 6.45) is 5.26. The molecule has 0 saturated carbocycles. The van der Waals surface area contributed by atoms with Gasteiger partial charge < -0.3 is 10.4 Å². The topological polar surface area (TPSA) is 52.6 Å². The van der Waals surface area contributed by atoms with E-state index >= 15 is 0 Å². The van der Waals surface area contributed by atoms with E-state index in [1.54, 1.807) is 0 Å². The molecule has 0 aliphatic heterocycles. The first-order valence-corrected chi connectivity index (χ1v) is 10.4. The Hall–Kier alpha value is -1.98. The molecule has 1 unspecified atom stereocenters. The van der Waals surface area contributed by atoms with Crippen molar-refractivity contribution in [3.8, 4) is 0 Å². The number of carbonyl (C=O) groups is 1. The van der Waals surface area contributed by atoms with Gasteiger partial charge in [0, 0.05) is 6.54 Å². The number of aryl methyl sites for hydroxylation is 3. The lowest BCUT2D eigenvalue weighted by atomic mass is 9.84. The smallest absolute Gasteiger partial charge is 0.327 e. The number of thiol groups is 1. The summed E-state index contributed by atoms with van der Waals surface area (Å²) in [6, 6.07) is 12.5. The Morgan fingerprint density at radius 1 is 1.18 bits per heavy atom. The third kappa shape index (κ3) is 4.89. The van der Waals surface area contributed by atoms with Crippen LogP contribution in [0.4, 0.5) is 4.79 Å². The molecule has 4 nitrogen and oxygen atoms in total. The third-order valence-corrected chi connectivity index (χ3v) is 5.85. The zero-order valence-corrected chi connectivity index (χ0v) is 17.6. The third-order valence-electron chi connectivity index (χ3n) is 5.39. The van der Waals surface area contributed by atoms with E-state index in [-0.39, 0.29) is 25.2 Å². The van der Waals surface area contributed by atoms with Crippen LogP contribution in [0.3, 0.4) is 0 Å². The number of nitrogens with one attached hydrogen (secondary N) is 1. The number of benzene rings is 2. The Morgan fingerprint density at radius 3 is 2.61 bits per heavy atom. The first kappa shape index (κ1) is 20.7. The molecule has 1 aliphatic rings. The molecule has 2 aromatic rings. The molecule has 2 N–H and O–H groups in total. The Kier molecular flexibility index (Phi) is 7.03. The Labute approximate surface area is 173 Å². The fourth-order valence-corrected chi connectivity index (χ4v) is 4.52. The van der Waals surface area contributed by atoms with Crippen molar-refractivity contribution in [1.82, 2.24) is 9.62 Å². The van der Waals surface area contributed by atoms with Crippen molar-refractivity contribution in [2.45, 2.75) is 52.0 Å². The standard InChI is InChI=1S/C23H30N2O2S/c1-16-12-17(2)14-18(13-16)15-22(25(28)23(27)24-10-11-26)21-9-5-7-19-6-3-4-8-20(19)21/h5,7,9,12-14,22,26,28H,3-4,6,8,10-11,15H2,1-2H3,(H,24,27). The van der Waals surface area contributed by atoms with E-state index in [0.29, 0.717) is 6.42 Å². The van der Waals surface area contributed by atoms with Crippen LogP contribution in [-0.4, -0.2) is 28.6 Å². The van der Waals surface area contributed by atoms with E-state index < -0.39 is 0 Å². The molecule has 0 fully saturated rings. The maximum Gasteiger partial charge on any atom is 0.327 e. The van der Waals surface area contributed by atoms with Crippen LogP contribution in [0.5, 0.6) is 0 Å². The van der Waals surface area contributed by atoms with Gasteiger partial charge in [0.25, 0.3) is 0 Å². The van der Waals surface area contributed by atoms with Crippen LogP contribution >= 0.6 is 12.8 Å². The lowest BCUT2D eigenvalue weighted by molar-refractivity contribution is 0.211. The summed E-state index contributed by atoms with van der Waals surface area (Å²) in [4.78, 5) is 12.6. The average molecular weight is 399 g/mol. The Morgan fingerprint density at radius 2 is 1.89 bits per heavy atom. The first-order valence-electron chi connectivity index (χ1n) is 10.0. The van der Waals surface area contributed by atoms with E-state index in [4.69, 9.17) is 5.11 Å². The molecule has 2 amide bonds. The number of hydrogen-bond donors (Lipinski definition) is 3. The minimum absolute atomic E-state index is 0.0875. The quantitative estimate of drug-likeness (QED) is 0.635. The summed E-state index contributed by atoms with van der Waals surface area (Å²) >= 11 is 4.59. The molecular weight excluding hydrogens is 368 g/mol. The second kappa shape index (κ2) is 9.48. The lowest BCUT2D eigenvalue weighted by Crippen LogP contribution is -2.39. The van der Waals surface area contributed by atoms with Crippen LogP contribution in [0.2, 0.25) is 0 Å². The van der Waals surface area contributed by atoms with E-state index in [1.165, 1.54) is 50.5 Å². The number of rotatable bonds is 6. The minimum Gasteiger partial charge on any atom is -0.395 e.